The summed E-state index contributed by atoms with van der Waals surface area (Å²) in [6.45, 7) is 1.98. The maximum absolute atomic E-state index is 12.7. The first kappa shape index (κ1) is 25.9. The smallest absolute Gasteiger partial charge is 0.321 e. The molecular weight excluding hydrogens is 520 g/mol. The Bertz CT molecular complexity index is 1470. The van der Waals surface area contributed by atoms with E-state index < -0.39 is 10.0 Å². The fourth-order valence-electron chi connectivity index (χ4n) is 2.97. The summed E-state index contributed by atoms with van der Waals surface area (Å²) in [7, 11) is -1.24. The number of nitrogens with one attached hydrogen (secondary N) is 2. The molecule has 0 fully saturated rings. The molecule has 0 aliphatic carbocycles. The Labute approximate surface area is 216 Å². The fraction of sp³-hybridized carbons (Fsp3) is 0.174. The molecule has 0 unspecified atom stereocenters. The molecule has 0 saturated carbocycles. The normalized spacial score (nSPS) is 11.1. The number of nitrogens with zero attached hydrogens (tertiary/aromatic N) is 4. The minimum absolute atomic E-state index is 0.0223. The van der Waals surface area contributed by atoms with Crippen LogP contribution in [0.3, 0.4) is 0 Å². The number of ether oxygens (including phenoxy) is 2. The van der Waals surface area contributed by atoms with Crippen molar-refractivity contribution in [1.29, 1.82) is 0 Å². The standard InChI is InChI=1S/C23H22N6O6S2/c1-14-4-6-15(7-5-14)21-27-28-23(35-21)36-13-19(30)24-16-8-10-17(11-9-16)37(31,32)29-18-12-20(33-2)26-22(25-18)34-3/h4-12H,13H2,1-3H3,(H,24,30)(H,25,26,29). The van der Waals surface area contributed by atoms with Crippen molar-refractivity contribution in [2.24, 2.45) is 0 Å². The van der Waals surface area contributed by atoms with E-state index in [1.54, 1.807) is 0 Å². The number of sulfonamides is 1. The molecule has 2 N–H and O–H groups in total. The van der Waals surface area contributed by atoms with Gasteiger partial charge in [0, 0.05) is 17.3 Å². The van der Waals surface area contributed by atoms with Crippen molar-refractivity contribution >= 4 is 39.2 Å². The number of aromatic nitrogens is 4. The van der Waals surface area contributed by atoms with Gasteiger partial charge in [-0.05, 0) is 43.3 Å². The van der Waals surface area contributed by atoms with Crippen molar-refractivity contribution in [3.63, 3.8) is 0 Å². The van der Waals surface area contributed by atoms with Crippen molar-refractivity contribution < 1.29 is 27.1 Å². The van der Waals surface area contributed by atoms with Gasteiger partial charge in [-0.3, -0.25) is 9.52 Å². The van der Waals surface area contributed by atoms with Gasteiger partial charge in [0.1, 0.15) is 0 Å². The third kappa shape index (κ3) is 6.74. The lowest BCUT2D eigenvalue weighted by molar-refractivity contribution is -0.113. The third-order valence-electron chi connectivity index (χ3n) is 4.79. The largest absolute Gasteiger partial charge is 0.481 e. The lowest BCUT2D eigenvalue weighted by Crippen LogP contribution is -2.16. The third-order valence-corrected chi connectivity index (χ3v) is 6.98. The zero-order valence-corrected chi connectivity index (χ0v) is 21.6. The highest BCUT2D eigenvalue weighted by atomic mass is 32.2. The van der Waals surface area contributed by atoms with Gasteiger partial charge in [-0.15, -0.1) is 10.2 Å². The van der Waals surface area contributed by atoms with E-state index in [9.17, 15) is 13.2 Å². The van der Waals surface area contributed by atoms with Gasteiger partial charge in [0.2, 0.25) is 17.7 Å². The number of carbonyl (C=O) groups excluding carboxylic acids is 1. The second-order valence-corrected chi connectivity index (χ2v) is 10.1. The Hall–Kier alpha value is -4.17. The quantitative estimate of drug-likeness (QED) is 0.283. The maximum atomic E-state index is 12.7. The van der Waals surface area contributed by atoms with Crippen LogP contribution in [-0.2, 0) is 14.8 Å². The monoisotopic (exact) mass is 542 g/mol. The molecule has 14 heteroatoms. The number of carbonyl (C=O) groups is 1. The second-order valence-electron chi connectivity index (χ2n) is 7.49. The van der Waals surface area contributed by atoms with E-state index in [0.717, 1.165) is 22.9 Å². The molecule has 0 spiro atoms. The molecule has 0 atom stereocenters. The van der Waals surface area contributed by atoms with Gasteiger partial charge in [0.15, 0.2) is 5.82 Å². The molecule has 2 heterocycles. The molecule has 0 aliphatic heterocycles. The fourth-order valence-corrected chi connectivity index (χ4v) is 4.53. The first-order chi connectivity index (χ1) is 17.8. The molecule has 0 saturated heterocycles. The first-order valence-corrected chi connectivity index (χ1v) is 13.2. The Balaban J connectivity index is 1.34. The summed E-state index contributed by atoms with van der Waals surface area (Å²) in [5.41, 5.74) is 2.32. The molecule has 4 aromatic rings. The highest BCUT2D eigenvalue weighted by Gasteiger charge is 2.17. The zero-order chi connectivity index (χ0) is 26.4. The van der Waals surface area contributed by atoms with Gasteiger partial charge in [0.05, 0.1) is 24.9 Å². The van der Waals surface area contributed by atoms with Crippen LogP contribution in [-0.4, -0.2) is 54.5 Å². The SMILES string of the molecule is COc1cc(NS(=O)(=O)c2ccc(NC(=O)CSc3nnc(-c4ccc(C)cc4)o3)cc2)nc(OC)n1. The maximum Gasteiger partial charge on any atom is 0.321 e. The minimum atomic E-state index is -3.97. The summed E-state index contributed by atoms with van der Waals surface area (Å²) in [6.07, 6.45) is 0. The summed E-state index contributed by atoms with van der Waals surface area (Å²) in [5, 5.41) is 10.9. The number of aryl methyl sites for hydroxylation is 1. The molecule has 2 aromatic heterocycles. The van der Waals surface area contributed by atoms with Gasteiger partial charge >= 0.3 is 6.01 Å². The molecule has 37 heavy (non-hydrogen) atoms. The minimum Gasteiger partial charge on any atom is -0.481 e. The number of hydrogen-bond donors (Lipinski definition) is 2. The summed E-state index contributed by atoms with van der Waals surface area (Å²) in [4.78, 5) is 20.2. The van der Waals surface area contributed by atoms with Crippen molar-refractivity contribution in [2.45, 2.75) is 17.0 Å². The molecule has 0 bridgehead atoms. The lowest BCUT2D eigenvalue weighted by Gasteiger charge is -2.10. The van der Waals surface area contributed by atoms with Crippen LogP contribution in [0.4, 0.5) is 11.5 Å². The van der Waals surface area contributed by atoms with Crippen molar-refractivity contribution in [2.75, 3.05) is 30.0 Å². The number of rotatable bonds is 10. The molecule has 192 valence electrons. The van der Waals surface area contributed by atoms with Crippen LogP contribution in [0.15, 0.2) is 69.1 Å². The van der Waals surface area contributed by atoms with E-state index in [1.807, 2.05) is 31.2 Å². The van der Waals surface area contributed by atoms with E-state index >= 15 is 0 Å². The Morgan fingerprint density at radius 2 is 1.73 bits per heavy atom. The molecule has 2 aromatic carbocycles. The van der Waals surface area contributed by atoms with E-state index in [1.165, 1.54) is 44.6 Å². The number of benzene rings is 2. The number of methoxy groups -OCH3 is 2. The first-order valence-electron chi connectivity index (χ1n) is 10.7. The number of amides is 1. The molecule has 12 nitrogen and oxygen atoms in total. The molecule has 0 aliphatic rings. The van der Waals surface area contributed by atoms with E-state index in [0.29, 0.717) is 11.6 Å². The van der Waals surface area contributed by atoms with Gasteiger partial charge in [-0.1, -0.05) is 29.5 Å². The Kier molecular flexibility index (Phi) is 7.89. The van der Waals surface area contributed by atoms with Crippen LogP contribution < -0.4 is 19.5 Å². The molecule has 4 rings (SSSR count). The van der Waals surface area contributed by atoms with Crippen molar-refractivity contribution in [3.05, 3.63) is 60.2 Å². The zero-order valence-electron chi connectivity index (χ0n) is 20.0. The number of hydrogen-bond acceptors (Lipinski definition) is 11. The van der Waals surface area contributed by atoms with Crippen LogP contribution >= 0.6 is 11.8 Å². The summed E-state index contributed by atoms with van der Waals surface area (Å²) in [5.74, 6) is 0.173. The van der Waals surface area contributed by atoms with Crippen LogP contribution in [0.25, 0.3) is 11.5 Å². The number of anilines is 2. The molecule has 0 radical (unpaired) electrons. The van der Waals surface area contributed by atoms with Crippen LogP contribution in [0.2, 0.25) is 0 Å². The van der Waals surface area contributed by atoms with E-state index in [-0.39, 0.29) is 39.5 Å². The highest BCUT2D eigenvalue weighted by molar-refractivity contribution is 7.99. The summed E-state index contributed by atoms with van der Waals surface area (Å²) >= 11 is 1.09. The molecule has 1 amide bonds. The van der Waals surface area contributed by atoms with E-state index in [2.05, 4.69) is 30.2 Å². The molecular formula is C23H22N6O6S2. The average molecular weight is 543 g/mol. The van der Waals surface area contributed by atoms with Gasteiger partial charge in [-0.2, -0.15) is 9.97 Å². The topological polar surface area (TPSA) is 158 Å². The van der Waals surface area contributed by atoms with Crippen molar-refractivity contribution in [3.8, 4) is 23.3 Å². The summed E-state index contributed by atoms with van der Waals surface area (Å²) in [6, 6.07) is 14.6. The van der Waals surface area contributed by atoms with Crippen LogP contribution in [0.5, 0.6) is 11.9 Å². The Morgan fingerprint density at radius 3 is 2.41 bits per heavy atom. The predicted molar refractivity (Wildman–Crippen MR) is 136 cm³/mol. The Morgan fingerprint density at radius 1 is 1.00 bits per heavy atom. The van der Waals surface area contributed by atoms with E-state index in [4.69, 9.17) is 13.9 Å². The number of thioether (sulfide) groups is 1. The average Bonchev–Trinajstić information content (AvgIpc) is 3.37. The second kappa shape index (κ2) is 11.3. The van der Waals surface area contributed by atoms with Crippen LogP contribution in [0, 0.1) is 6.92 Å². The van der Waals surface area contributed by atoms with Gasteiger partial charge in [-0.25, -0.2) is 8.42 Å². The highest BCUT2D eigenvalue weighted by Crippen LogP contribution is 2.24. The van der Waals surface area contributed by atoms with Gasteiger partial charge < -0.3 is 19.2 Å². The lowest BCUT2D eigenvalue weighted by atomic mass is 10.1. The summed E-state index contributed by atoms with van der Waals surface area (Å²) < 4.78 is 43.4. The predicted octanol–water partition coefficient (Wildman–Crippen LogP) is 3.38. The van der Waals surface area contributed by atoms with Crippen LogP contribution in [0.1, 0.15) is 5.56 Å². The van der Waals surface area contributed by atoms with Crippen molar-refractivity contribution in [1.82, 2.24) is 20.2 Å². The van der Waals surface area contributed by atoms with Gasteiger partial charge in [0.25, 0.3) is 15.2 Å².